The second-order valence-corrected chi connectivity index (χ2v) is 2.26. The minimum Gasteiger partial charge on any atom is -0.0884 e. The smallest absolute Gasteiger partial charge is 0.0653 e. The Morgan fingerprint density at radius 2 is 0.882 bits per heavy atom. The van der Waals surface area contributed by atoms with Crippen LogP contribution in [0.4, 0.5) is 0 Å². The van der Waals surface area contributed by atoms with Crippen molar-refractivity contribution in [1.29, 1.82) is 0 Å². The van der Waals surface area contributed by atoms with Gasteiger partial charge in [0.1, 0.15) is 0 Å². The van der Waals surface area contributed by atoms with Gasteiger partial charge in [0.15, 0.2) is 0 Å². The Morgan fingerprint density at radius 3 is 0.941 bits per heavy atom. The second kappa shape index (κ2) is 73.0. The maximum Gasteiger partial charge on any atom is 0.0653 e. The standard InChI is InChI=1S/C7H15B.9CH4/c1-3-7(4-2)5-6-8;;;;;;;;;/h7H,3-6H2,1-2H3;9*1H4. The van der Waals surface area contributed by atoms with Gasteiger partial charge in [-0.1, -0.05) is 106 Å². The molecule has 0 rings (SSSR count). The lowest BCUT2D eigenvalue weighted by atomic mass is 9.90. The molecule has 0 atom stereocenters. The van der Waals surface area contributed by atoms with Crippen LogP contribution >= 0.6 is 0 Å². The van der Waals surface area contributed by atoms with Gasteiger partial charge in [-0.05, 0) is 5.92 Å². The molecule has 0 aromatic heterocycles. The van der Waals surface area contributed by atoms with Crippen molar-refractivity contribution in [2.75, 3.05) is 0 Å². The highest BCUT2D eigenvalue weighted by Crippen LogP contribution is 2.12. The minimum atomic E-state index is 0. The molecular weight excluding hydrogens is 203 g/mol. The van der Waals surface area contributed by atoms with Crippen molar-refractivity contribution < 1.29 is 0 Å². The highest BCUT2D eigenvalue weighted by Gasteiger charge is 1.98. The van der Waals surface area contributed by atoms with Gasteiger partial charge < -0.3 is 0 Å². The van der Waals surface area contributed by atoms with Gasteiger partial charge in [-0.3, -0.25) is 0 Å². The average molecular weight is 254 g/mol. The van der Waals surface area contributed by atoms with Gasteiger partial charge in [0, 0.05) is 0 Å². The van der Waals surface area contributed by atoms with Gasteiger partial charge in [-0.2, -0.15) is 0 Å². The van der Waals surface area contributed by atoms with Crippen molar-refractivity contribution >= 4 is 7.85 Å². The molecule has 118 valence electrons. The molecule has 0 aliphatic heterocycles. The Bertz CT molecular complexity index is 40.8. The van der Waals surface area contributed by atoms with E-state index in [1.165, 1.54) is 19.3 Å². The Labute approximate surface area is 120 Å². The summed E-state index contributed by atoms with van der Waals surface area (Å²) in [6, 6.07) is 0. The number of rotatable bonds is 4. The zero-order chi connectivity index (χ0) is 6.41. The molecule has 0 aromatic rings. The lowest BCUT2D eigenvalue weighted by Gasteiger charge is -2.08. The van der Waals surface area contributed by atoms with Gasteiger partial charge in [0.05, 0.1) is 7.85 Å². The van der Waals surface area contributed by atoms with Crippen LogP contribution in [-0.2, 0) is 0 Å². The second-order valence-electron chi connectivity index (χ2n) is 2.26. The molecule has 0 aliphatic rings. The summed E-state index contributed by atoms with van der Waals surface area (Å²) in [6.45, 7) is 4.45. The number of hydrogen-bond donors (Lipinski definition) is 0. The lowest BCUT2D eigenvalue weighted by molar-refractivity contribution is 0.477. The Balaban J connectivity index is -0.00000000681. The molecular formula is C16H51B. The van der Waals surface area contributed by atoms with Crippen LogP contribution in [0.15, 0.2) is 0 Å². The van der Waals surface area contributed by atoms with Crippen molar-refractivity contribution in [3.05, 3.63) is 0 Å². The summed E-state index contributed by atoms with van der Waals surface area (Å²) >= 11 is 0. The predicted molar refractivity (Wildman–Crippen MR) is 99.8 cm³/mol. The Morgan fingerprint density at radius 1 is 0.647 bits per heavy atom. The summed E-state index contributed by atoms with van der Waals surface area (Å²) in [5.74, 6) is 0.875. The SMILES string of the molecule is C.C.C.C.C.C.C.C.C.[B]CCC(CC)CC. The first-order chi connectivity index (χ1) is 3.85. The molecule has 0 N–H and O–H groups in total. The fraction of sp³-hybridized carbons (Fsp3) is 1.00. The monoisotopic (exact) mass is 254 g/mol. The molecule has 2 radical (unpaired) electrons. The van der Waals surface area contributed by atoms with Crippen molar-refractivity contribution in [2.45, 2.75) is 106 Å². The van der Waals surface area contributed by atoms with E-state index in [0.29, 0.717) is 0 Å². The average Bonchev–Trinajstić information content (AvgIpc) is 1.83. The summed E-state index contributed by atoms with van der Waals surface area (Å²) in [5, 5.41) is 0. The third-order valence-electron chi connectivity index (χ3n) is 1.73. The fourth-order valence-corrected chi connectivity index (χ4v) is 0.933. The highest BCUT2D eigenvalue weighted by atomic mass is 14.0. The molecule has 0 unspecified atom stereocenters. The molecule has 0 nitrogen and oxygen atoms in total. The van der Waals surface area contributed by atoms with Crippen LogP contribution in [0.5, 0.6) is 0 Å². The lowest BCUT2D eigenvalue weighted by Crippen LogP contribution is -1.94. The Hall–Kier alpha value is 0.0649. The molecule has 0 bridgehead atoms. The summed E-state index contributed by atoms with van der Waals surface area (Å²) in [7, 11) is 5.38. The largest absolute Gasteiger partial charge is 0.0884 e. The molecule has 0 saturated carbocycles. The normalized spacial score (nSPS) is 4.88. The van der Waals surface area contributed by atoms with Crippen molar-refractivity contribution in [1.82, 2.24) is 0 Å². The van der Waals surface area contributed by atoms with E-state index in [4.69, 9.17) is 7.85 Å². The van der Waals surface area contributed by atoms with Crippen LogP contribution in [0.3, 0.4) is 0 Å². The molecule has 0 aliphatic carbocycles. The third kappa shape index (κ3) is 63.7. The van der Waals surface area contributed by atoms with E-state index in [9.17, 15) is 0 Å². The Kier molecular flexibility index (Phi) is 379. The van der Waals surface area contributed by atoms with Gasteiger partial charge in [0.2, 0.25) is 0 Å². The maximum atomic E-state index is 5.38. The zero-order valence-electron chi connectivity index (χ0n) is 5.98. The van der Waals surface area contributed by atoms with Crippen LogP contribution in [0, 0.1) is 5.92 Å². The van der Waals surface area contributed by atoms with Crippen LogP contribution in [0.2, 0.25) is 6.32 Å². The topological polar surface area (TPSA) is 0 Å². The van der Waals surface area contributed by atoms with Gasteiger partial charge in [0.25, 0.3) is 0 Å². The van der Waals surface area contributed by atoms with Gasteiger partial charge in [-0.15, -0.1) is 0 Å². The molecule has 17 heavy (non-hydrogen) atoms. The van der Waals surface area contributed by atoms with E-state index in [1.54, 1.807) is 0 Å². The van der Waals surface area contributed by atoms with E-state index in [-0.39, 0.29) is 66.8 Å². The third-order valence-corrected chi connectivity index (χ3v) is 1.73. The van der Waals surface area contributed by atoms with Gasteiger partial charge in [-0.25, -0.2) is 0 Å². The molecule has 0 amide bonds. The molecule has 0 fully saturated rings. The molecule has 0 spiro atoms. The number of hydrogen-bond acceptors (Lipinski definition) is 0. The van der Waals surface area contributed by atoms with E-state index >= 15 is 0 Å². The first-order valence-electron chi connectivity index (χ1n) is 3.55. The van der Waals surface area contributed by atoms with E-state index in [0.717, 1.165) is 12.2 Å². The van der Waals surface area contributed by atoms with E-state index in [1.807, 2.05) is 0 Å². The zero-order valence-corrected chi connectivity index (χ0v) is 5.98. The minimum absolute atomic E-state index is 0. The fourth-order valence-electron chi connectivity index (χ4n) is 0.933. The van der Waals surface area contributed by atoms with Crippen LogP contribution in [-0.4, -0.2) is 7.85 Å². The first kappa shape index (κ1) is 88.2. The molecule has 0 heterocycles. The summed E-state index contributed by atoms with van der Waals surface area (Å²) in [5.41, 5.74) is 0. The summed E-state index contributed by atoms with van der Waals surface area (Å²) < 4.78 is 0. The first-order valence-corrected chi connectivity index (χ1v) is 3.55. The molecule has 0 aromatic carbocycles. The highest BCUT2D eigenvalue weighted by molar-refractivity contribution is 6.08. The molecule has 1 heteroatoms. The van der Waals surface area contributed by atoms with Crippen molar-refractivity contribution in [2.24, 2.45) is 5.92 Å². The van der Waals surface area contributed by atoms with Crippen LogP contribution in [0.25, 0.3) is 0 Å². The van der Waals surface area contributed by atoms with Crippen molar-refractivity contribution in [3.8, 4) is 0 Å². The molecule has 0 saturated heterocycles. The van der Waals surface area contributed by atoms with E-state index < -0.39 is 0 Å². The predicted octanol–water partition coefficient (Wildman–Crippen LogP) is 8.12. The maximum absolute atomic E-state index is 5.38. The summed E-state index contributed by atoms with van der Waals surface area (Å²) in [4.78, 5) is 0. The van der Waals surface area contributed by atoms with Crippen molar-refractivity contribution in [3.63, 3.8) is 0 Å². The van der Waals surface area contributed by atoms with Crippen LogP contribution in [0.1, 0.15) is 99.9 Å². The van der Waals surface area contributed by atoms with Crippen LogP contribution < -0.4 is 0 Å². The quantitative estimate of drug-likeness (QED) is 0.444. The van der Waals surface area contributed by atoms with Gasteiger partial charge >= 0.3 is 0 Å². The van der Waals surface area contributed by atoms with E-state index in [2.05, 4.69) is 13.8 Å². The summed E-state index contributed by atoms with van der Waals surface area (Å²) in [6.07, 6.45) is 4.63.